The van der Waals surface area contributed by atoms with Crippen LogP contribution in [0.3, 0.4) is 0 Å². The smallest absolute Gasteiger partial charge is 0.119 e. The van der Waals surface area contributed by atoms with Gasteiger partial charge in [0.2, 0.25) is 0 Å². The molecule has 1 aromatic carbocycles. The molecule has 0 aromatic heterocycles. The van der Waals surface area contributed by atoms with Crippen LogP contribution in [0, 0.1) is 5.92 Å². The molecule has 1 aromatic rings. The highest BCUT2D eigenvalue weighted by molar-refractivity contribution is 5.28. The van der Waals surface area contributed by atoms with Crippen molar-refractivity contribution >= 4 is 0 Å². The summed E-state index contributed by atoms with van der Waals surface area (Å²) < 4.78 is 5.85. The number of benzene rings is 1. The Morgan fingerprint density at radius 2 is 2.11 bits per heavy atom. The number of aliphatic hydroxyl groups excluding tert-OH is 1. The quantitative estimate of drug-likeness (QED) is 0.829. The SMILES string of the molecule is NCCCc1cccc(OC[C@H]2CCCCC2O)c1. The second-order valence-electron chi connectivity index (χ2n) is 5.46. The van der Waals surface area contributed by atoms with Gasteiger partial charge in [0.05, 0.1) is 12.7 Å². The Balaban J connectivity index is 1.84. The Morgan fingerprint density at radius 1 is 1.26 bits per heavy atom. The van der Waals surface area contributed by atoms with Crippen molar-refractivity contribution in [1.82, 2.24) is 0 Å². The van der Waals surface area contributed by atoms with Gasteiger partial charge in [-0.25, -0.2) is 0 Å². The number of rotatable bonds is 6. The fourth-order valence-corrected chi connectivity index (χ4v) is 2.68. The van der Waals surface area contributed by atoms with E-state index in [2.05, 4.69) is 12.1 Å². The molecule has 19 heavy (non-hydrogen) atoms. The first-order valence-corrected chi connectivity index (χ1v) is 7.39. The molecule has 106 valence electrons. The molecule has 1 saturated carbocycles. The van der Waals surface area contributed by atoms with E-state index in [1.54, 1.807) is 0 Å². The molecule has 1 aliphatic rings. The van der Waals surface area contributed by atoms with Crippen LogP contribution in [0.25, 0.3) is 0 Å². The molecule has 0 amide bonds. The monoisotopic (exact) mass is 263 g/mol. The molecule has 1 unspecified atom stereocenters. The van der Waals surface area contributed by atoms with Crippen LogP contribution in [0.2, 0.25) is 0 Å². The van der Waals surface area contributed by atoms with Gasteiger partial charge in [0.15, 0.2) is 0 Å². The van der Waals surface area contributed by atoms with Gasteiger partial charge < -0.3 is 15.6 Å². The van der Waals surface area contributed by atoms with Crippen molar-refractivity contribution in [2.75, 3.05) is 13.2 Å². The molecule has 3 heteroatoms. The normalized spacial score (nSPS) is 23.3. The van der Waals surface area contributed by atoms with Crippen LogP contribution < -0.4 is 10.5 Å². The number of hydrogen-bond donors (Lipinski definition) is 2. The van der Waals surface area contributed by atoms with Gasteiger partial charge in [-0.3, -0.25) is 0 Å². The minimum Gasteiger partial charge on any atom is -0.493 e. The van der Waals surface area contributed by atoms with Crippen molar-refractivity contribution in [2.24, 2.45) is 11.7 Å². The maximum Gasteiger partial charge on any atom is 0.119 e. The summed E-state index contributed by atoms with van der Waals surface area (Å²) in [5.41, 5.74) is 6.80. The number of ether oxygens (including phenoxy) is 1. The molecule has 1 aliphatic carbocycles. The molecule has 0 heterocycles. The average Bonchev–Trinajstić information content (AvgIpc) is 2.45. The first kappa shape index (κ1) is 14.4. The third kappa shape index (κ3) is 4.51. The first-order chi connectivity index (χ1) is 9.29. The second kappa shape index (κ2) is 7.51. The maximum atomic E-state index is 9.92. The molecule has 2 atom stereocenters. The minimum atomic E-state index is -0.186. The lowest BCUT2D eigenvalue weighted by atomic mass is 9.87. The number of aliphatic hydroxyl groups is 1. The Morgan fingerprint density at radius 3 is 2.89 bits per heavy atom. The minimum absolute atomic E-state index is 0.186. The number of nitrogens with two attached hydrogens (primary N) is 1. The zero-order chi connectivity index (χ0) is 13.5. The highest BCUT2D eigenvalue weighted by Crippen LogP contribution is 2.25. The van der Waals surface area contributed by atoms with Gasteiger partial charge >= 0.3 is 0 Å². The Kier molecular flexibility index (Phi) is 5.67. The predicted molar refractivity (Wildman–Crippen MR) is 77.3 cm³/mol. The molecular weight excluding hydrogens is 238 g/mol. The summed E-state index contributed by atoms with van der Waals surface area (Å²) in [6.07, 6.45) is 6.17. The summed E-state index contributed by atoms with van der Waals surface area (Å²) in [5.74, 6) is 1.20. The summed E-state index contributed by atoms with van der Waals surface area (Å²) in [6, 6.07) is 8.21. The first-order valence-electron chi connectivity index (χ1n) is 7.39. The summed E-state index contributed by atoms with van der Waals surface area (Å²) >= 11 is 0. The Labute approximate surface area is 115 Å². The van der Waals surface area contributed by atoms with Gasteiger partial charge in [-0.15, -0.1) is 0 Å². The molecule has 0 radical (unpaired) electrons. The van der Waals surface area contributed by atoms with Crippen LogP contribution in [0.1, 0.15) is 37.7 Å². The Bertz CT molecular complexity index is 381. The van der Waals surface area contributed by atoms with Crippen molar-refractivity contribution in [3.05, 3.63) is 29.8 Å². The van der Waals surface area contributed by atoms with E-state index < -0.39 is 0 Å². The van der Waals surface area contributed by atoms with Crippen LogP contribution in [0.15, 0.2) is 24.3 Å². The van der Waals surface area contributed by atoms with Crippen LogP contribution >= 0.6 is 0 Å². The molecular formula is C16H25NO2. The molecule has 2 rings (SSSR count). The highest BCUT2D eigenvalue weighted by Gasteiger charge is 2.23. The number of hydrogen-bond acceptors (Lipinski definition) is 3. The van der Waals surface area contributed by atoms with E-state index in [1.165, 1.54) is 12.0 Å². The largest absolute Gasteiger partial charge is 0.493 e. The highest BCUT2D eigenvalue weighted by atomic mass is 16.5. The standard InChI is InChI=1S/C16H25NO2/c17-10-4-6-13-5-3-8-15(11-13)19-12-14-7-1-2-9-16(14)18/h3,5,8,11,14,16,18H,1-2,4,6-7,9-10,12,17H2/t14-,16?/m1/s1. The molecule has 0 aliphatic heterocycles. The third-order valence-electron chi connectivity index (χ3n) is 3.90. The van der Waals surface area contributed by atoms with E-state index in [0.29, 0.717) is 12.5 Å². The van der Waals surface area contributed by atoms with Gasteiger partial charge in [-0.1, -0.05) is 25.0 Å². The zero-order valence-corrected chi connectivity index (χ0v) is 11.6. The number of aryl methyl sites for hydroxylation is 1. The average molecular weight is 263 g/mol. The summed E-state index contributed by atoms with van der Waals surface area (Å²) in [6.45, 7) is 1.35. The van der Waals surface area contributed by atoms with Crippen LogP contribution in [0.4, 0.5) is 0 Å². The fourth-order valence-electron chi connectivity index (χ4n) is 2.68. The van der Waals surface area contributed by atoms with E-state index in [-0.39, 0.29) is 6.10 Å². The molecule has 3 N–H and O–H groups in total. The predicted octanol–water partition coefficient (Wildman–Crippen LogP) is 2.51. The zero-order valence-electron chi connectivity index (χ0n) is 11.6. The fraction of sp³-hybridized carbons (Fsp3) is 0.625. The van der Waals surface area contributed by atoms with Crippen molar-refractivity contribution in [2.45, 2.75) is 44.6 Å². The van der Waals surface area contributed by atoms with E-state index >= 15 is 0 Å². The van der Waals surface area contributed by atoms with E-state index in [4.69, 9.17) is 10.5 Å². The molecule has 3 nitrogen and oxygen atoms in total. The van der Waals surface area contributed by atoms with Crippen molar-refractivity contribution in [3.63, 3.8) is 0 Å². The molecule has 0 saturated heterocycles. The van der Waals surface area contributed by atoms with Gasteiger partial charge in [0, 0.05) is 5.92 Å². The van der Waals surface area contributed by atoms with Crippen molar-refractivity contribution in [3.8, 4) is 5.75 Å². The van der Waals surface area contributed by atoms with Gasteiger partial charge in [-0.2, -0.15) is 0 Å². The lowest BCUT2D eigenvalue weighted by molar-refractivity contribution is 0.0422. The lowest BCUT2D eigenvalue weighted by Crippen LogP contribution is -2.29. The van der Waals surface area contributed by atoms with Gasteiger partial charge in [0.25, 0.3) is 0 Å². The van der Waals surface area contributed by atoms with Gasteiger partial charge in [0.1, 0.15) is 5.75 Å². The van der Waals surface area contributed by atoms with Crippen LogP contribution in [-0.4, -0.2) is 24.4 Å². The Hall–Kier alpha value is -1.06. The molecule has 0 spiro atoms. The summed E-state index contributed by atoms with van der Waals surface area (Å²) in [7, 11) is 0. The summed E-state index contributed by atoms with van der Waals surface area (Å²) in [4.78, 5) is 0. The second-order valence-corrected chi connectivity index (χ2v) is 5.46. The van der Waals surface area contributed by atoms with E-state index in [0.717, 1.165) is 44.4 Å². The lowest BCUT2D eigenvalue weighted by Gasteiger charge is -2.27. The van der Waals surface area contributed by atoms with E-state index in [1.807, 2.05) is 12.1 Å². The van der Waals surface area contributed by atoms with Gasteiger partial charge in [-0.05, 0) is 49.9 Å². The third-order valence-corrected chi connectivity index (χ3v) is 3.90. The van der Waals surface area contributed by atoms with Crippen molar-refractivity contribution in [1.29, 1.82) is 0 Å². The van der Waals surface area contributed by atoms with E-state index in [9.17, 15) is 5.11 Å². The maximum absolute atomic E-state index is 9.92. The molecule has 1 fully saturated rings. The van der Waals surface area contributed by atoms with Crippen molar-refractivity contribution < 1.29 is 9.84 Å². The molecule has 0 bridgehead atoms. The summed E-state index contributed by atoms with van der Waals surface area (Å²) in [5, 5.41) is 9.92. The topological polar surface area (TPSA) is 55.5 Å². The van der Waals surface area contributed by atoms with Crippen LogP contribution in [-0.2, 0) is 6.42 Å². The van der Waals surface area contributed by atoms with Crippen LogP contribution in [0.5, 0.6) is 5.75 Å².